The van der Waals surface area contributed by atoms with E-state index in [0.29, 0.717) is 0 Å². The zero-order chi connectivity index (χ0) is 13.7. The zero-order valence-corrected chi connectivity index (χ0v) is 11.5. The molecule has 1 atom stereocenters. The van der Waals surface area contributed by atoms with Gasteiger partial charge in [-0.25, -0.2) is 0 Å². The number of likely N-dealkylation sites (N-methyl/N-ethyl adjacent to an activating group) is 1. The topological polar surface area (TPSA) is 12.5 Å². The summed E-state index contributed by atoms with van der Waals surface area (Å²) in [6.07, 6.45) is 3.77. The SMILES string of the molecule is C=C/C1=C(\C=C)C(c2ccccc2)OCCN(C)C1. The summed E-state index contributed by atoms with van der Waals surface area (Å²) in [4.78, 5) is 2.24. The lowest BCUT2D eigenvalue weighted by molar-refractivity contribution is 0.0598. The first-order valence-electron chi connectivity index (χ1n) is 6.59. The monoisotopic (exact) mass is 255 g/mol. The van der Waals surface area contributed by atoms with Crippen LogP contribution >= 0.6 is 0 Å². The average Bonchev–Trinajstić information content (AvgIpc) is 2.43. The van der Waals surface area contributed by atoms with E-state index in [1.807, 2.05) is 30.4 Å². The lowest BCUT2D eigenvalue weighted by Crippen LogP contribution is -2.29. The van der Waals surface area contributed by atoms with Gasteiger partial charge in [-0.05, 0) is 23.8 Å². The Balaban J connectivity index is 2.44. The molecule has 1 aromatic rings. The van der Waals surface area contributed by atoms with Gasteiger partial charge in [0.2, 0.25) is 0 Å². The van der Waals surface area contributed by atoms with Crippen LogP contribution in [0.15, 0.2) is 66.8 Å². The summed E-state index contributed by atoms with van der Waals surface area (Å²) in [6.45, 7) is 10.4. The van der Waals surface area contributed by atoms with Crippen molar-refractivity contribution in [3.05, 3.63) is 72.4 Å². The number of nitrogens with zero attached hydrogens (tertiary/aromatic N) is 1. The van der Waals surface area contributed by atoms with Crippen molar-refractivity contribution in [2.24, 2.45) is 0 Å². The smallest absolute Gasteiger partial charge is 0.108 e. The van der Waals surface area contributed by atoms with Crippen molar-refractivity contribution >= 4 is 0 Å². The normalized spacial score (nSPS) is 25.4. The van der Waals surface area contributed by atoms with E-state index in [1.165, 1.54) is 11.1 Å². The summed E-state index contributed by atoms with van der Waals surface area (Å²) >= 11 is 0. The number of benzene rings is 1. The van der Waals surface area contributed by atoms with E-state index in [-0.39, 0.29) is 6.10 Å². The molecule has 1 aliphatic heterocycles. The van der Waals surface area contributed by atoms with E-state index < -0.39 is 0 Å². The lowest BCUT2D eigenvalue weighted by atomic mass is 9.95. The largest absolute Gasteiger partial charge is 0.367 e. The van der Waals surface area contributed by atoms with E-state index in [1.54, 1.807) is 0 Å². The summed E-state index contributed by atoms with van der Waals surface area (Å²) in [6, 6.07) is 10.3. The summed E-state index contributed by atoms with van der Waals surface area (Å²) in [5.74, 6) is 0. The second-order valence-corrected chi connectivity index (χ2v) is 4.79. The molecule has 2 rings (SSSR count). The Morgan fingerprint density at radius 1 is 1.21 bits per heavy atom. The first kappa shape index (κ1) is 13.8. The molecule has 0 bridgehead atoms. The molecule has 0 aromatic heterocycles. The quantitative estimate of drug-likeness (QED) is 0.821. The highest BCUT2D eigenvalue weighted by atomic mass is 16.5. The minimum Gasteiger partial charge on any atom is -0.367 e. The van der Waals surface area contributed by atoms with Crippen molar-refractivity contribution in [3.63, 3.8) is 0 Å². The van der Waals surface area contributed by atoms with Gasteiger partial charge in [0, 0.05) is 13.1 Å². The third-order valence-electron chi connectivity index (χ3n) is 3.42. The van der Waals surface area contributed by atoms with Gasteiger partial charge in [-0.15, -0.1) is 0 Å². The molecule has 1 unspecified atom stereocenters. The molecule has 0 amide bonds. The van der Waals surface area contributed by atoms with Crippen LogP contribution in [-0.4, -0.2) is 31.6 Å². The van der Waals surface area contributed by atoms with Crippen LogP contribution in [0.4, 0.5) is 0 Å². The third-order valence-corrected chi connectivity index (χ3v) is 3.42. The Morgan fingerprint density at radius 3 is 2.58 bits per heavy atom. The average molecular weight is 255 g/mol. The van der Waals surface area contributed by atoms with Crippen molar-refractivity contribution in [2.75, 3.05) is 26.7 Å². The second kappa shape index (κ2) is 6.50. The van der Waals surface area contributed by atoms with Crippen LogP contribution in [0.1, 0.15) is 11.7 Å². The van der Waals surface area contributed by atoms with Crippen molar-refractivity contribution in [3.8, 4) is 0 Å². The van der Waals surface area contributed by atoms with Crippen molar-refractivity contribution in [1.82, 2.24) is 4.90 Å². The molecule has 0 N–H and O–H groups in total. The van der Waals surface area contributed by atoms with E-state index >= 15 is 0 Å². The maximum Gasteiger partial charge on any atom is 0.108 e. The molecule has 0 fully saturated rings. The maximum absolute atomic E-state index is 6.06. The number of hydrogen-bond donors (Lipinski definition) is 0. The lowest BCUT2D eigenvalue weighted by Gasteiger charge is -2.28. The highest BCUT2D eigenvalue weighted by Gasteiger charge is 2.21. The van der Waals surface area contributed by atoms with Crippen LogP contribution in [0.3, 0.4) is 0 Å². The highest BCUT2D eigenvalue weighted by Crippen LogP contribution is 2.30. The van der Waals surface area contributed by atoms with Crippen molar-refractivity contribution < 1.29 is 4.74 Å². The molecule has 0 saturated heterocycles. The minimum absolute atomic E-state index is 0.0413. The fourth-order valence-electron chi connectivity index (χ4n) is 2.37. The molecule has 2 heteroatoms. The molecule has 0 aliphatic carbocycles. The third kappa shape index (κ3) is 3.22. The molecule has 19 heavy (non-hydrogen) atoms. The minimum atomic E-state index is -0.0413. The van der Waals surface area contributed by atoms with Crippen molar-refractivity contribution in [1.29, 1.82) is 0 Å². The maximum atomic E-state index is 6.06. The van der Waals surface area contributed by atoms with Gasteiger partial charge in [0.15, 0.2) is 0 Å². The number of hydrogen-bond acceptors (Lipinski definition) is 2. The Labute approximate surface area is 115 Å². The van der Waals surface area contributed by atoms with Gasteiger partial charge < -0.3 is 4.74 Å². The molecule has 1 aromatic carbocycles. The van der Waals surface area contributed by atoms with Gasteiger partial charge >= 0.3 is 0 Å². The summed E-state index contributed by atoms with van der Waals surface area (Å²) < 4.78 is 6.06. The second-order valence-electron chi connectivity index (χ2n) is 4.79. The molecule has 0 radical (unpaired) electrons. The molecular formula is C17H21NO. The van der Waals surface area contributed by atoms with Crippen LogP contribution in [0.25, 0.3) is 0 Å². The Morgan fingerprint density at radius 2 is 1.95 bits per heavy atom. The van der Waals surface area contributed by atoms with Gasteiger partial charge in [0.1, 0.15) is 6.10 Å². The van der Waals surface area contributed by atoms with Crippen LogP contribution in [-0.2, 0) is 4.74 Å². The number of ether oxygens (including phenoxy) is 1. The Bertz CT molecular complexity index is 475. The zero-order valence-electron chi connectivity index (χ0n) is 11.5. The Hall–Kier alpha value is -1.64. The molecular weight excluding hydrogens is 234 g/mol. The molecule has 1 heterocycles. The van der Waals surface area contributed by atoms with E-state index in [0.717, 1.165) is 25.3 Å². The van der Waals surface area contributed by atoms with Crippen LogP contribution in [0.2, 0.25) is 0 Å². The molecule has 100 valence electrons. The number of rotatable bonds is 3. The first-order chi connectivity index (χ1) is 9.26. The molecule has 1 aliphatic rings. The summed E-state index contributed by atoms with van der Waals surface area (Å²) in [7, 11) is 2.09. The van der Waals surface area contributed by atoms with E-state index in [9.17, 15) is 0 Å². The molecule has 0 saturated carbocycles. The van der Waals surface area contributed by atoms with Crippen LogP contribution < -0.4 is 0 Å². The van der Waals surface area contributed by atoms with Gasteiger partial charge in [0.25, 0.3) is 0 Å². The van der Waals surface area contributed by atoms with E-state index in [2.05, 4.69) is 37.2 Å². The summed E-state index contributed by atoms with van der Waals surface area (Å²) in [5, 5.41) is 0. The fourth-order valence-corrected chi connectivity index (χ4v) is 2.37. The van der Waals surface area contributed by atoms with Gasteiger partial charge in [-0.1, -0.05) is 55.6 Å². The molecule has 2 nitrogen and oxygen atoms in total. The predicted octanol–water partition coefficient (Wildman–Crippen LogP) is 3.36. The Kier molecular flexibility index (Phi) is 4.72. The first-order valence-corrected chi connectivity index (χ1v) is 6.59. The predicted molar refractivity (Wildman–Crippen MR) is 80.1 cm³/mol. The fraction of sp³-hybridized carbons (Fsp3) is 0.294. The van der Waals surface area contributed by atoms with Gasteiger partial charge in [-0.3, -0.25) is 4.90 Å². The summed E-state index contributed by atoms with van der Waals surface area (Å²) in [5.41, 5.74) is 3.47. The van der Waals surface area contributed by atoms with Gasteiger partial charge in [0.05, 0.1) is 6.61 Å². The van der Waals surface area contributed by atoms with Crippen LogP contribution in [0.5, 0.6) is 0 Å². The molecule has 0 spiro atoms. The van der Waals surface area contributed by atoms with E-state index in [4.69, 9.17) is 4.74 Å². The van der Waals surface area contributed by atoms with Crippen molar-refractivity contribution in [2.45, 2.75) is 6.10 Å². The highest BCUT2D eigenvalue weighted by molar-refractivity contribution is 5.40. The van der Waals surface area contributed by atoms with Crippen LogP contribution in [0, 0.1) is 0 Å². The van der Waals surface area contributed by atoms with Gasteiger partial charge in [-0.2, -0.15) is 0 Å². The standard InChI is InChI=1S/C17H21NO/c1-4-14-13-18(3)11-12-19-17(16(14)5-2)15-9-7-6-8-10-15/h4-10,17H,1-2,11-13H2,3H3/b16-14-.